The molecule has 1 heterocycles. The van der Waals surface area contributed by atoms with Crippen molar-refractivity contribution >= 4 is 16.8 Å². The average molecular weight is 377 g/mol. The Bertz CT molecular complexity index is 925. The lowest BCUT2D eigenvalue weighted by atomic mass is 9.89. The molecule has 0 saturated heterocycles. The number of nitrogens with two attached hydrogens (primary N) is 1. The van der Waals surface area contributed by atoms with Gasteiger partial charge in [0.05, 0.1) is 6.42 Å². The molecule has 0 radical (unpaired) electrons. The van der Waals surface area contributed by atoms with Crippen molar-refractivity contribution in [2.24, 2.45) is 5.73 Å². The monoisotopic (exact) mass is 376 g/mol. The summed E-state index contributed by atoms with van der Waals surface area (Å²) in [5.41, 5.74) is 10.5. The summed E-state index contributed by atoms with van der Waals surface area (Å²) in [6.45, 7) is 5.42. The van der Waals surface area contributed by atoms with Crippen LogP contribution in [-0.2, 0) is 17.8 Å². The van der Waals surface area contributed by atoms with Crippen molar-refractivity contribution in [2.45, 2.75) is 64.8 Å². The summed E-state index contributed by atoms with van der Waals surface area (Å²) in [6, 6.07) is 17.3. The van der Waals surface area contributed by atoms with Gasteiger partial charge in [0.25, 0.3) is 0 Å². The Morgan fingerprint density at radius 2 is 1.89 bits per heavy atom. The number of aromatic nitrogens is 1. The Morgan fingerprint density at radius 3 is 2.64 bits per heavy atom. The number of rotatable bonds is 10. The molecule has 1 aromatic heterocycles. The van der Waals surface area contributed by atoms with Gasteiger partial charge in [-0.25, -0.2) is 0 Å². The molecule has 148 valence electrons. The van der Waals surface area contributed by atoms with Crippen LogP contribution in [0.4, 0.5) is 0 Å². The molecular weight excluding hydrogens is 344 g/mol. The highest BCUT2D eigenvalue weighted by Gasteiger charge is 2.12. The number of amides is 1. The van der Waals surface area contributed by atoms with Gasteiger partial charge in [0.2, 0.25) is 5.91 Å². The first-order valence-corrected chi connectivity index (χ1v) is 10.5. The maximum absolute atomic E-state index is 11.4. The summed E-state index contributed by atoms with van der Waals surface area (Å²) in [4.78, 5) is 11.4. The minimum atomic E-state index is -0.275. The SMILES string of the molecule is CCCC(CCCCn1cc(CC(N)=O)c2ccccc21)c1cccc(C)c1. The van der Waals surface area contributed by atoms with E-state index in [1.165, 1.54) is 42.3 Å². The first-order valence-electron chi connectivity index (χ1n) is 10.5. The maximum Gasteiger partial charge on any atom is 0.221 e. The van der Waals surface area contributed by atoms with Crippen molar-refractivity contribution in [3.05, 3.63) is 71.4 Å². The van der Waals surface area contributed by atoms with Gasteiger partial charge in [0, 0.05) is 23.6 Å². The minimum Gasteiger partial charge on any atom is -0.369 e. The predicted molar refractivity (Wildman–Crippen MR) is 118 cm³/mol. The molecule has 28 heavy (non-hydrogen) atoms. The molecule has 1 unspecified atom stereocenters. The molecule has 0 spiro atoms. The van der Waals surface area contributed by atoms with Crippen LogP contribution < -0.4 is 5.73 Å². The van der Waals surface area contributed by atoms with Gasteiger partial charge in [0.15, 0.2) is 0 Å². The molecule has 3 nitrogen and oxygen atoms in total. The van der Waals surface area contributed by atoms with Crippen LogP contribution in [0.3, 0.4) is 0 Å². The highest BCUT2D eigenvalue weighted by molar-refractivity contribution is 5.88. The number of fused-ring (bicyclic) bond motifs is 1. The number of unbranched alkanes of at least 4 members (excludes halogenated alkanes) is 1. The molecule has 0 fully saturated rings. The van der Waals surface area contributed by atoms with Crippen LogP contribution in [0.5, 0.6) is 0 Å². The van der Waals surface area contributed by atoms with Crippen molar-refractivity contribution in [3.8, 4) is 0 Å². The molecule has 1 amide bonds. The second-order valence-electron chi connectivity index (χ2n) is 7.90. The summed E-state index contributed by atoms with van der Waals surface area (Å²) in [6.07, 6.45) is 8.45. The molecule has 0 saturated carbocycles. The number of nitrogens with zero attached hydrogens (tertiary/aromatic N) is 1. The van der Waals surface area contributed by atoms with E-state index in [4.69, 9.17) is 5.73 Å². The van der Waals surface area contributed by atoms with Crippen molar-refractivity contribution < 1.29 is 4.79 Å². The summed E-state index contributed by atoms with van der Waals surface area (Å²) in [5, 5.41) is 1.14. The van der Waals surface area contributed by atoms with Crippen LogP contribution in [0.25, 0.3) is 10.9 Å². The van der Waals surface area contributed by atoms with E-state index in [0.29, 0.717) is 12.3 Å². The normalized spacial score (nSPS) is 12.4. The summed E-state index contributed by atoms with van der Waals surface area (Å²) < 4.78 is 2.29. The third-order valence-corrected chi connectivity index (χ3v) is 5.59. The molecule has 2 N–H and O–H groups in total. The Hall–Kier alpha value is -2.55. The fraction of sp³-hybridized carbons (Fsp3) is 0.400. The topological polar surface area (TPSA) is 48.0 Å². The third kappa shape index (κ3) is 5.03. The number of carbonyl (C=O) groups is 1. The van der Waals surface area contributed by atoms with E-state index in [-0.39, 0.29) is 5.91 Å². The number of primary amides is 1. The molecule has 0 aliphatic carbocycles. The zero-order valence-electron chi connectivity index (χ0n) is 17.2. The van der Waals surface area contributed by atoms with Crippen molar-refractivity contribution in [2.75, 3.05) is 0 Å². The standard InChI is InChI=1S/C25H32N2O/c1-3-9-20(21-12-8-10-19(2)16-21)11-6-7-15-27-18-22(17-25(26)28)23-13-4-5-14-24(23)27/h4-5,8,10,12-14,16,18,20H,3,6-7,9,11,15,17H2,1-2H3,(H2,26,28). The fourth-order valence-electron chi connectivity index (χ4n) is 4.26. The van der Waals surface area contributed by atoms with E-state index in [9.17, 15) is 4.79 Å². The average Bonchev–Trinajstić information content (AvgIpc) is 3.01. The zero-order chi connectivity index (χ0) is 19.9. The predicted octanol–water partition coefficient (Wildman–Crippen LogP) is 5.73. The molecule has 1 atom stereocenters. The van der Waals surface area contributed by atoms with Gasteiger partial charge in [-0.05, 0) is 49.3 Å². The summed E-state index contributed by atoms with van der Waals surface area (Å²) in [5.74, 6) is 0.375. The first-order chi connectivity index (χ1) is 13.6. The Labute approximate surface area is 168 Å². The number of aryl methyl sites for hydroxylation is 2. The van der Waals surface area contributed by atoms with Gasteiger partial charge in [-0.3, -0.25) is 4.79 Å². The van der Waals surface area contributed by atoms with E-state index in [1.807, 2.05) is 6.07 Å². The van der Waals surface area contributed by atoms with E-state index in [1.54, 1.807) is 0 Å². The van der Waals surface area contributed by atoms with Crippen LogP contribution >= 0.6 is 0 Å². The number of para-hydroxylation sites is 1. The lowest BCUT2D eigenvalue weighted by molar-refractivity contribution is -0.117. The van der Waals surface area contributed by atoms with Crippen LogP contribution in [0.2, 0.25) is 0 Å². The molecule has 3 rings (SSSR count). The number of hydrogen-bond donors (Lipinski definition) is 1. The van der Waals surface area contributed by atoms with Gasteiger partial charge in [-0.15, -0.1) is 0 Å². The van der Waals surface area contributed by atoms with Crippen LogP contribution in [-0.4, -0.2) is 10.5 Å². The van der Waals surface area contributed by atoms with E-state index >= 15 is 0 Å². The third-order valence-electron chi connectivity index (χ3n) is 5.59. The molecule has 2 aromatic carbocycles. The van der Waals surface area contributed by atoms with E-state index in [0.717, 1.165) is 23.9 Å². The van der Waals surface area contributed by atoms with Crippen LogP contribution in [0.15, 0.2) is 54.7 Å². The Balaban J connectivity index is 1.63. The highest BCUT2D eigenvalue weighted by atomic mass is 16.1. The molecule has 3 aromatic rings. The number of benzene rings is 2. The van der Waals surface area contributed by atoms with Crippen molar-refractivity contribution in [1.29, 1.82) is 0 Å². The lowest BCUT2D eigenvalue weighted by Crippen LogP contribution is -2.13. The summed E-state index contributed by atoms with van der Waals surface area (Å²) >= 11 is 0. The van der Waals surface area contributed by atoms with Crippen LogP contribution in [0.1, 0.15) is 61.6 Å². The van der Waals surface area contributed by atoms with E-state index < -0.39 is 0 Å². The van der Waals surface area contributed by atoms with Gasteiger partial charge in [-0.1, -0.05) is 67.8 Å². The van der Waals surface area contributed by atoms with E-state index in [2.05, 4.69) is 67.1 Å². The Kier molecular flexibility index (Phi) is 6.91. The zero-order valence-corrected chi connectivity index (χ0v) is 17.2. The number of carbonyl (C=O) groups excluding carboxylic acids is 1. The second-order valence-corrected chi connectivity index (χ2v) is 7.90. The van der Waals surface area contributed by atoms with Gasteiger partial charge in [-0.2, -0.15) is 0 Å². The maximum atomic E-state index is 11.4. The molecule has 0 aliphatic rings. The number of hydrogen-bond acceptors (Lipinski definition) is 1. The highest BCUT2D eigenvalue weighted by Crippen LogP contribution is 2.28. The largest absolute Gasteiger partial charge is 0.369 e. The minimum absolute atomic E-state index is 0.275. The van der Waals surface area contributed by atoms with Gasteiger partial charge in [0.1, 0.15) is 0 Å². The smallest absolute Gasteiger partial charge is 0.221 e. The molecule has 0 bridgehead atoms. The van der Waals surface area contributed by atoms with Crippen LogP contribution in [0, 0.1) is 6.92 Å². The molecule has 0 aliphatic heterocycles. The second kappa shape index (κ2) is 9.59. The van der Waals surface area contributed by atoms with Crippen molar-refractivity contribution in [3.63, 3.8) is 0 Å². The summed E-state index contributed by atoms with van der Waals surface area (Å²) in [7, 11) is 0. The lowest BCUT2D eigenvalue weighted by Gasteiger charge is -2.17. The molecular formula is C25H32N2O. The quantitative estimate of drug-likeness (QED) is 0.451. The Morgan fingerprint density at radius 1 is 1.07 bits per heavy atom. The van der Waals surface area contributed by atoms with Gasteiger partial charge >= 0.3 is 0 Å². The molecule has 3 heteroatoms. The van der Waals surface area contributed by atoms with Crippen molar-refractivity contribution in [1.82, 2.24) is 4.57 Å². The van der Waals surface area contributed by atoms with Gasteiger partial charge < -0.3 is 10.3 Å². The first kappa shape index (κ1) is 20.2. The fourth-order valence-corrected chi connectivity index (χ4v) is 4.26.